The van der Waals surface area contributed by atoms with Crippen molar-refractivity contribution in [2.24, 2.45) is 0 Å². The molecule has 2 aromatic carbocycles. The monoisotopic (exact) mass is 271 g/mol. The number of nitrogens with two attached hydrogens (primary N) is 1. The standard InChI is InChI=1S/C15H11F2N3/c1-8-6-7-9(13(17)12(8)16)14-15(18)20-11-5-3-2-4-10(11)19-14/h2-7H,1H3,(H2,18,20). The van der Waals surface area contributed by atoms with Gasteiger partial charge < -0.3 is 5.73 Å². The number of halogens is 2. The van der Waals surface area contributed by atoms with Crippen LogP contribution < -0.4 is 5.73 Å². The fraction of sp³-hybridized carbons (Fsp3) is 0.0667. The highest BCUT2D eigenvalue weighted by Crippen LogP contribution is 2.29. The summed E-state index contributed by atoms with van der Waals surface area (Å²) in [5, 5.41) is 0. The molecule has 0 bridgehead atoms. The van der Waals surface area contributed by atoms with Crippen molar-refractivity contribution in [3.05, 3.63) is 53.6 Å². The summed E-state index contributed by atoms with van der Waals surface area (Å²) >= 11 is 0. The van der Waals surface area contributed by atoms with Gasteiger partial charge in [0.15, 0.2) is 17.5 Å². The molecule has 0 amide bonds. The second-order valence-corrected chi connectivity index (χ2v) is 4.50. The number of para-hydroxylation sites is 2. The third-order valence-electron chi connectivity index (χ3n) is 3.13. The van der Waals surface area contributed by atoms with Gasteiger partial charge in [-0.25, -0.2) is 18.7 Å². The fourth-order valence-electron chi connectivity index (χ4n) is 2.04. The summed E-state index contributed by atoms with van der Waals surface area (Å²) in [5.74, 6) is -1.77. The summed E-state index contributed by atoms with van der Waals surface area (Å²) in [7, 11) is 0. The Morgan fingerprint density at radius 1 is 0.900 bits per heavy atom. The molecule has 0 fully saturated rings. The van der Waals surface area contributed by atoms with Gasteiger partial charge in [0.05, 0.1) is 11.0 Å². The maximum absolute atomic E-state index is 14.0. The van der Waals surface area contributed by atoms with E-state index in [-0.39, 0.29) is 22.6 Å². The number of nitrogen functional groups attached to an aromatic ring is 1. The molecule has 0 aliphatic rings. The van der Waals surface area contributed by atoms with E-state index < -0.39 is 11.6 Å². The summed E-state index contributed by atoms with van der Waals surface area (Å²) in [6, 6.07) is 10.1. The van der Waals surface area contributed by atoms with Crippen LogP contribution in [0.25, 0.3) is 22.3 Å². The minimum absolute atomic E-state index is 0.0175. The van der Waals surface area contributed by atoms with Crippen LogP contribution in [0.5, 0.6) is 0 Å². The molecule has 20 heavy (non-hydrogen) atoms. The van der Waals surface area contributed by atoms with E-state index in [9.17, 15) is 8.78 Å². The molecule has 2 N–H and O–H groups in total. The van der Waals surface area contributed by atoms with E-state index in [4.69, 9.17) is 5.73 Å². The summed E-state index contributed by atoms with van der Waals surface area (Å²) in [4.78, 5) is 8.45. The van der Waals surface area contributed by atoms with Gasteiger partial charge in [-0.1, -0.05) is 18.2 Å². The molecular weight excluding hydrogens is 260 g/mol. The molecular formula is C15H11F2N3. The van der Waals surface area contributed by atoms with Gasteiger partial charge in [0.1, 0.15) is 5.69 Å². The average molecular weight is 271 g/mol. The minimum atomic E-state index is -0.957. The van der Waals surface area contributed by atoms with Crippen molar-refractivity contribution in [3.63, 3.8) is 0 Å². The molecule has 3 nitrogen and oxygen atoms in total. The van der Waals surface area contributed by atoms with E-state index in [0.29, 0.717) is 11.0 Å². The SMILES string of the molecule is Cc1ccc(-c2nc3ccccc3nc2N)c(F)c1F. The first-order chi connectivity index (χ1) is 9.58. The zero-order valence-corrected chi connectivity index (χ0v) is 10.7. The highest BCUT2D eigenvalue weighted by molar-refractivity contribution is 5.82. The Labute approximate surface area is 114 Å². The van der Waals surface area contributed by atoms with Crippen LogP contribution in [0.4, 0.5) is 14.6 Å². The lowest BCUT2D eigenvalue weighted by molar-refractivity contribution is 0.505. The van der Waals surface area contributed by atoms with E-state index in [1.807, 2.05) is 6.07 Å². The lowest BCUT2D eigenvalue weighted by Gasteiger charge is -2.09. The minimum Gasteiger partial charge on any atom is -0.382 e. The smallest absolute Gasteiger partial charge is 0.168 e. The summed E-state index contributed by atoms with van der Waals surface area (Å²) in [5.41, 5.74) is 7.41. The molecule has 0 spiro atoms. The number of anilines is 1. The molecule has 1 heterocycles. The van der Waals surface area contributed by atoms with Crippen molar-refractivity contribution in [1.29, 1.82) is 0 Å². The van der Waals surface area contributed by atoms with Gasteiger partial charge in [0, 0.05) is 5.56 Å². The number of hydrogen-bond donors (Lipinski definition) is 1. The maximum atomic E-state index is 14.0. The largest absolute Gasteiger partial charge is 0.382 e. The van der Waals surface area contributed by atoms with Crippen LogP contribution in [0.3, 0.4) is 0 Å². The number of nitrogens with zero attached hydrogens (tertiary/aromatic N) is 2. The van der Waals surface area contributed by atoms with Crippen molar-refractivity contribution < 1.29 is 8.78 Å². The Kier molecular flexibility index (Phi) is 2.82. The van der Waals surface area contributed by atoms with Gasteiger partial charge in [-0.05, 0) is 30.7 Å². The second-order valence-electron chi connectivity index (χ2n) is 4.50. The molecule has 3 aromatic rings. The Balaban J connectivity index is 2.29. The van der Waals surface area contributed by atoms with Crippen molar-refractivity contribution in [2.75, 3.05) is 5.73 Å². The van der Waals surface area contributed by atoms with Crippen LogP contribution >= 0.6 is 0 Å². The van der Waals surface area contributed by atoms with Gasteiger partial charge in [-0.3, -0.25) is 0 Å². The molecule has 0 aliphatic heterocycles. The molecule has 5 heteroatoms. The predicted molar refractivity (Wildman–Crippen MR) is 74.0 cm³/mol. The highest BCUT2D eigenvalue weighted by atomic mass is 19.2. The van der Waals surface area contributed by atoms with Crippen LogP contribution in [0.1, 0.15) is 5.56 Å². The summed E-state index contributed by atoms with van der Waals surface area (Å²) in [6.45, 7) is 1.50. The van der Waals surface area contributed by atoms with E-state index in [2.05, 4.69) is 9.97 Å². The van der Waals surface area contributed by atoms with Crippen LogP contribution in [-0.2, 0) is 0 Å². The zero-order chi connectivity index (χ0) is 14.3. The third-order valence-corrected chi connectivity index (χ3v) is 3.13. The highest BCUT2D eigenvalue weighted by Gasteiger charge is 2.17. The van der Waals surface area contributed by atoms with Gasteiger partial charge >= 0.3 is 0 Å². The van der Waals surface area contributed by atoms with E-state index in [1.54, 1.807) is 18.2 Å². The lowest BCUT2D eigenvalue weighted by Crippen LogP contribution is -2.01. The van der Waals surface area contributed by atoms with Crippen LogP contribution in [-0.4, -0.2) is 9.97 Å². The number of aromatic nitrogens is 2. The Bertz CT molecular complexity index is 816. The van der Waals surface area contributed by atoms with E-state index >= 15 is 0 Å². The lowest BCUT2D eigenvalue weighted by atomic mass is 10.1. The average Bonchev–Trinajstić information content (AvgIpc) is 2.45. The van der Waals surface area contributed by atoms with Crippen molar-refractivity contribution in [1.82, 2.24) is 9.97 Å². The maximum Gasteiger partial charge on any atom is 0.168 e. The first kappa shape index (κ1) is 12.5. The molecule has 0 saturated carbocycles. The van der Waals surface area contributed by atoms with Gasteiger partial charge in [-0.2, -0.15) is 0 Å². The molecule has 3 rings (SSSR count). The van der Waals surface area contributed by atoms with Gasteiger partial charge in [0.2, 0.25) is 0 Å². The zero-order valence-electron chi connectivity index (χ0n) is 10.7. The number of hydrogen-bond acceptors (Lipinski definition) is 3. The third kappa shape index (κ3) is 1.87. The van der Waals surface area contributed by atoms with Crippen LogP contribution in [0.2, 0.25) is 0 Å². The van der Waals surface area contributed by atoms with Gasteiger partial charge in [0.25, 0.3) is 0 Å². The fourth-order valence-corrected chi connectivity index (χ4v) is 2.04. The second kappa shape index (κ2) is 4.52. The van der Waals surface area contributed by atoms with Gasteiger partial charge in [-0.15, -0.1) is 0 Å². The summed E-state index contributed by atoms with van der Waals surface area (Å²) < 4.78 is 27.7. The first-order valence-electron chi connectivity index (χ1n) is 6.05. The summed E-state index contributed by atoms with van der Waals surface area (Å²) in [6.07, 6.45) is 0. The molecule has 0 atom stereocenters. The quantitative estimate of drug-likeness (QED) is 0.737. The Hall–Kier alpha value is -2.56. The topological polar surface area (TPSA) is 51.8 Å². The normalized spacial score (nSPS) is 10.9. The predicted octanol–water partition coefficient (Wildman–Crippen LogP) is 3.47. The van der Waals surface area contributed by atoms with E-state index in [1.165, 1.54) is 19.1 Å². The van der Waals surface area contributed by atoms with Crippen molar-refractivity contribution >= 4 is 16.9 Å². The Morgan fingerprint density at radius 3 is 2.25 bits per heavy atom. The van der Waals surface area contributed by atoms with Crippen molar-refractivity contribution in [3.8, 4) is 11.3 Å². The number of rotatable bonds is 1. The first-order valence-corrected chi connectivity index (χ1v) is 6.05. The molecule has 0 radical (unpaired) electrons. The molecule has 1 aromatic heterocycles. The Morgan fingerprint density at radius 2 is 1.55 bits per heavy atom. The number of benzene rings is 2. The molecule has 0 unspecified atom stereocenters. The van der Waals surface area contributed by atoms with Crippen LogP contribution in [0, 0.1) is 18.6 Å². The van der Waals surface area contributed by atoms with Crippen molar-refractivity contribution in [2.45, 2.75) is 6.92 Å². The molecule has 0 saturated heterocycles. The number of aryl methyl sites for hydroxylation is 1. The number of fused-ring (bicyclic) bond motifs is 1. The molecule has 0 aliphatic carbocycles. The van der Waals surface area contributed by atoms with E-state index in [0.717, 1.165) is 0 Å². The molecule has 100 valence electrons. The van der Waals surface area contributed by atoms with Crippen LogP contribution in [0.15, 0.2) is 36.4 Å².